The minimum absolute atomic E-state index is 0.309. The Morgan fingerprint density at radius 2 is 1.92 bits per heavy atom. The van der Waals surface area contributed by atoms with E-state index in [-0.39, 0.29) is 0 Å². The first-order valence-corrected chi connectivity index (χ1v) is 13.1. The van der Waals surface area contributed by atoms with Crippen LogP contribution in [0.2, 0.25) is 0 Å². The molecule has 3 rings (SSSR count). The lowest BCUT2D eigenvalue weighted by Gasteiger charge is -2.30. The minimum Gasteiger partial charge on any atom is -0.383 e. The number of allylic oxidation sites excluding steroid dienone is 6. The molecule has 1 aliphatic heterocycles. The molecule has 0 amide bonds. The summed E-state index contributed by atoms with van der Waals surface area (Å²) in [5.41, 5.74) is 7.76. The van der Waals surface area contributed by atoms with Crippen LogP contribution in [0.25, 0.3) is 16.8 Å². The molecule has 1 saturated heterocycles. The Labute approximate surface area is 222 Å². The zero-order valence-corrected chi connectivity index (χ0v) is 23.1. The molecule has 0 spiro atoms. The van der Waals surface area contributed by atoms with Crippen LogP contribution in [0.5, 0.6) is 0 Å². The standard InChI is InChI=1S/C31H42N6/c1-9-15-28(37-16-13-12-14-17-37)29-23(7)35-30(36-29)22(6)27-19-25(20-33-31(27)32-8)24(10-2)18-26(11-3)34-21(4)5/h9-11,15,18-21,34H,1,3,6,12-14,16-17H2,2,4-5,7-8H3,(H,32,33)(H,35,36)/b24-10+,26-18+,28-15+. The molecule has 3 heterocycles. The number of pyridine rings is 1. The maximum absolute atomic E-state index is 5.03. The van der Waals surface area contributed by atoms with E-state index in [2.05, 4.69) is 85.3 Å². The van der Waals surface area contributed by atoms with E-state index in [0.717, 1.165) is 69.8 Å². The molecule has 2 aromatic heterocycles. The van der Waals surface area contributed by atoms with Gasteiger partial charge in [-0.1, -0.05) is 31.9 Å². The number of hydrogen-bond donors (Lipinski definition) is 3. The van der Waals surface area contributed by atoms with E-state index in [1.165, 1.54) is 19.3 Å². The van der Waals surface area contributed by atoms with Gasteiger partial charge in [0.1, 0.15) is 17.3 Å². The Bertz CT molecular complexity index is 1220. The van der Waals surface area contributed by atoms with Crippen LogP contribution < -0.4 is 10.6 Å². The first-order chi connectivity index (χ1) is 17.8. The fourth-order valence-corrected chi connectivity index (χ4v) is 4.61. The Morgan fingerprint density at radius 1 is 1.19 bits per heavy atom. The molecule has 196 valence electrons. The molecule has 6 heteroatoms. The Balaban J connectivity index is 2.00. The number of aromatic nitrogens is 3. The van der Waals surface area contributed by atoms with Crippen LogP contribution in [0, 0.1) is 6.92 Å². The van der Waals surface area contributed by atoms with E-state index in [4.69, 9.17) is 9.97 Å². The Hall–Kier alpha value is -3.80. The molecule has 37 heavy (non-hydrogen) atoms. The van der Waals surface area contributed by atoms with Gasteiger partial charge in [-0.05, 0) is 76.8 Å². The molecule has 0 radical (unpaired) electrons. The van der Waals surface area contributed by atoms with Gasteiger partial charge in [-0.25, -0.2) is 9.97 Å². The van der Waals surface area contributed by atoms with E-state index in [1.807, 2.05) is 32.3 Å². The summed E-state index contributed by atoms with van der Waals surface area (Å²) in [6.45, 7) is 22.7. The van der Waals surface area contributed by atoms with E-state index in [1.54, 1.807) is 0 Å². The first-order valence-electron chi connectivity index (χ1n) is 13.1. The zero-order valence-electron chi connectivity index (χ0n) is 23.1. The number of hydrogen-bond acceptors (Lipinski definition) is 5. The van der Waals surface area contributed by atoms with Crippen LogP contribution in [0.4, 0.5) is 5.82 Å². The van der Waals surface area contributed by atoms with Gasteiger partial charge in [0.25, 0.3) is 0 Å². The second-order valence-electron chi connectivity index (χ2n) is 9.59. The lowest BCUT2D eigenvalue weighted by atomic mass is 10.0. The van der Waals surface area contributed by atoms with E-state index in [0.29, 0.717) is 6.04 Å². The van der Waals surface area contributed by atoms with Gasteiger partial charge in [-0.2, -0.15) is 0 Å². The molecule has 0 aromatic carbocycles. The second-order valence-corrected chi connectivity index (χ2v) is 9.59. The molecular formula is C31H42N6. The highest BCUT2D eigenvalue weighted by Crippen LogP contribution is 2.31. The van der Waals surface area contributed by atoms with Crippen molar-refractivity contribution in [2.75, 3.05) is 25.5 Å². The number of rotatable bonds is 11. The summed E-state index contributed by atoms with van der Waals surface area (Å²) in [7, 11) is 1.87. The third-order valence-electron chi connectivity index (χ3n) is 6.47. The van der Waals surface area contributed by atoms with Crippen molar-refractivity contribution in [3.8, 4) is 0 Å². The van der Waals surface area contributed by atoms with Gasteiger partial charge in [0, 0.05) is 60.5 Å². The topological polar surface area (TPSA) is 68.9 Å². The fraction of sp³-hybridized carbons (Fsp3) is 0.355. The first kappa shape index (κ1) is 27.8. The number of likely N-dealkylation sites (tertiary alicyclic amines) is 1. The maximum atomic E-state index is 5.03. The van der Waals surface area contributed by atoms with Gasteiger partial charge in [-0.15, -0.1) is 0 Å². The zero-order chi connectivity index (χ0) is 26.9. The van der Waals surface area contributed by atoms with Crippen molar-refractivity contribution in [3.05, 3.63) is 96.4 Å². The quantitative estimate of drug-likeness (QED) is 0.301. The molecule has 2 aromatic rings. The number of aryl methyl sites for hydroxylation is 1. The summed E-state index contributed by atoms with van der Waals surface area (Å²) in [6, 6.07) is 2.43. The summed E-state index contributed by atoms with van der Waals surface area (Å²) in [5, 5.41) is 6.64. The third-order valence-corrected chi connectivity index (χ3v) is 6.47. The molecule has 0 unspecified atom stereocenters. The number of anilines is 1. The van der Waals surface area contributed by atoms with Crippen LogP contribution in [-0.2, 0) is 0 Å². The molecule has 1 fully saturated rings. The molecule has 0 atom stereocenters. The van der Waals surface area contributed by atoms with Gasteiger partial charge >= 0.3 is 0 Å². The summed E-state index contributed by atoms with van der Waals surface area (Å²) >= 11 is 0. The van der Waals surface area contributed by atoms with Crippen LogP contribution in [0.15, 0.2) is 68.1 Å². The highest BCUT2D eigenvalue weighted by molar-refractivity contribution is 5.85. The van der Waals surface area contributed by atoms with Crippen molar-refractivity contribution in [2.45, 2.75) is 53.0 Å². The number of nitrogens with one attached hydrogen (secondary N) is 3. The summed E-state index contributed by atoms with van der Waals surface area (Å²) in [5.74, 6) is 1.49. The average molecular weight is 499 g/mol. The van der Waals surface area contributed by atoms with Crippen LogP contribution in [0.3, 0.4) is 0 Å². The summed E-state index contributed by atoms with van der Waals surface area (Å²) in [4.78, 5) is 15.6. The van der Waals surface area contributed by atoms with Gasteiger partial charge in [0.15, 0.2) is 0 Å². The largest absolute Gasteiger partial charge is 0.383 e. The summed E-state index contributed by atoms with van der Waals surface area (Å²) in [6.07, 6.45) is 15.5. The number of nitrogens with zero attached hydrogens (tertiary/aromatic N) is 3. The number of aromatic amines is 1. The van der Waals surface area contributed by atoms with Gasteiger partial charge in [0.05, 0.1) is 5.70 Å². The van der Waals surface area contributed by atoms with Crippen molar-refractivity contribution in [2.24, 2.45) is 0 Å². The number of imidazole rings is 1. The molecule has 1 aliphatic rings. The lowest BCUT2D eigenvalue weighted by Crippen LogP contribution is -2.28. The second kappa shape index (κ2) is 12.9. The van der Waals surface area contributed by atoms with Gasteiger partial charge < -0.3 is 20.5 Å². The van der Waals surface area contributed by atoms with Crippen molar-refractivity contribution in [1.29, 1.82) is 0 Å². The van der Waals surface area contributed by atoms with Gasteiger partial charge in [0.2, 0.25) is 0 Å². The van der Waals surface area contributed by atoms with Crippen LogP contribution >= 0.6 is 0 Å². The molecule has 0 aliphatic carbocycles. The normalized spacial score (nSPS) is 15.1. The highest BCUT2D eigenvalue weighted by atomic mass is 15.2. The number of piperidine rings is 1. The van der Waals surface area contributed by atoms with E-state index < -0.39 is 0 Å². The van der Waals surface area contributed by atoms with Crippen LogP contribution in [0.1, 0.15) is 68.4 Å². The molecule has 0 saturated carbocycles. The smallest absolute Gasteiger partial charge is 0.138 e. The predicted octanol–water partition coefficient (Wildman–Crippen LogP) is 6.70. The highest BCUT2D eigenvalue weighted by Gasteiger charge is 2.21. The van der Waals surface area contributed by atoms with Crippen molar-refractivity contribution >= 4 is 22.7 Å². The van der Waals surface area contributed by atoms with Crippen LogP contribution in [-0.4, -0.2) is 46.0 Å². The molecule has 0 bridgehead atoms. The van der Waals surface area contributed by atoms with Gasteiger partial charge in [-0.3, -0.25) is 0 Å². The third kappa shape index (κ3) is 6.70. The Kier molecular flexibility index (Phi) is 9.72. The van der Waals surface area contributed by atoms with E-state index in [9.17, 15) is 0 Å². The van der Waals surface area contributed by atoms with Crippen molar-refractivity contribution in [3.63, 3.8) is 0 Å². The fourth-order valence-electron chi connectivity index (χ4n) is 4.61. The minimum atomic E-state index is 0.309. The molecule has 6 nitrogen and oxygen atoms in total. The van der Waals surface area contributed by atoms with E-state index >= 15 is 0 Å². The van der Waals surface area contributed by atoms with Crippen molar-refractivity contribution < 1.29 is 0 Å². The average Bonchev–Trinajstić information content (AvgIpc) is 3.30. The summed E-state index contributed by atoms with van der Waals surface area (Å²) < 4.78 is 0. The number of H-pyrrole nitrogens is 1. The maximum Gasteiger partial charge on any atom is 0.138 e. The monoisotopic (exact) mass is 498 g/mol. The predicted molar refractivity (Wildman–Crippen MR) is 159 cm³/mol. The molecule has 3 N–H and O–H groups in total. The lowest BCUT2D eigenvalue weighted by molar-refractivity contribution is 0.325. The molecular weight excluding hydrogens is 456 g/mol. The van der Waals surface area contributed by atoms with Crippen molar-refractivity contribution in [1.82, 2.24) is 25.2 Å². The Morgan fingerprint density at radius 3 is 2.51 bits per heavy atom. The SMILES string of the molecule is C=C/C=C(\c1nc(C(=C)c2cc(C(/C=C(\C=C)NC(C)C)=C/C)cnc2NC)[nH]c1C)N1CCCCC1.